The summed E-state index contributed by atoms with van der Waals surface area (Å²) in [5, 5.41) is 5.47. The lowest BCUT2D eigenvalue weighted by Crippen LogP contribution is -2.01. The van der Waals surface area contributed by atoms with E-state index in [0.717, 1.165) is 32.5 Å². The van der Waals surface area contributed by atoms with Gasteiger partial charge in [-0.2, -0.15) is 0 Å². The lowest BCUT2D eigenvalue weighted by atomic mass is 10.1. The molecule has 0 amide bonds. The maximum absolute atomic E-state index is 6.19. The predicted molar refractivity (Wildman–Crippen MR) is 85.5 cm³/mol. The van der Waals surface area contributed by atoms with E-state index in [4.69, 9.17) is 5.73 Å². The van der Waals surface area contributed by atoms with Crippen molar-refractivity contribution in [2.24, 2.45) is 0 Å². The molecule has 0 saturated carbocycles. The molecule has 0 saturated heterocycles. The highest BCUT2D eigenvalue weighted by Crippen LogP contribution is 2.29. The summed E-state index contributed by atoms with van der Waals surface area (Å²) in [6.07, 6.45) is 3.59. The van der Waals surface area contributed by atoms with Crippen LogP contribution in [0, 0.1) is 0 Å². The average Bonchev–Trinajstić information content (AvgIpc) is 2.84. The molecule has 2 heterocycles. The van der Waals surface area contributed by atoms with Crippen LogP contribution in [0.1, 0.15) is 4.88 Å². The first-order chi connectivity index (χ1) is 9.24. The number of fused-ring (bicyclic) bond motifs is 1. The van der Waals surface area contributed by atoms with Crippen LogP contribution in [0.25, 0.3) is 10.8 Å². The van der Waals surface area contributed by atoms with Gasteiger partial charge in [0.05, 0.1) is 15.2 Å². The molecule has 96 valence electrons. The summed E-state index contributed by atoms with van der Waals surface area (Å²) in [6, 6.07) is 10.1. The third-order valence-electron chi connectivity index (χ3n) is 2.94. The maximum Gasteiger partial charge on any atom is 0.0702 e. The van der Waals surface area contributed by atoms with E-state index in [0.29, 0.717) is 0 Å². The van der Waals surface area contributed by atoms with Gasteiger partial charge in [0, 0.05) is 34.6 Å². The molecule has 0 fully saturated rings. The molecule has 1 aromatic carbocycles. The number of nitrogens with zero attached hydrogens (tertiary/aromatic N) is 1. The Kier molecular flexibility index (Phi) is 3.40. The van der Waals surface area contributed by atoms with Gasteiger partial charge in [0.15, 0.2) is 0 Å². The number of hydrogen-bond acceptors (Lipinski definition) is 4. The predicted octanol–water partition coefficient (Wildman–Crippen LogP) is 4.25. The van der Waals surface area contributed by atoms with Gasteiger partial charge in [-0.1, -0.05) is 6.07 Å². The Hall–Kier alpha value is -1.59. The number of nitrogen functional groups attached to an aromatic ring is 1. The standard InChI is InChI=1S/C14H12BrN3S/c15-13-4-2-10(19-13)8-18-12-3-1-9-7-17-6-5-11(9)14(12)16/h1-7,18H,8,16H2. The Bertz CT molecular complexity index is 724. The molecule has 5 heteroatoms. The quantitative estimate of drug-likeness (QED) is 0.704. The molecule has 0 radical (unpaired) electrons. The van der Waals surface area contributed by atoms with Gasteiger partial charge in [-0.3, -0.25) is 4.98 Å². The van der Waals surface area contributed by atoms with E-state index in [1.165, 1.54) is 4.88 Å². The van der Waals surface area contributed by atoms with Crippen molar-refractivity contribution in [1.29, 1.82) is 0 Å². The number of rotatable bonds is 3. The van der Waals surface area contributed by atoms with E-state index in [-0.39, 0.29) is 0 Å². The summed E-state index contributed by atoms with van der Waals surface area (Å²) in [5.74, 6) is 0. The normalized spacial score (nSPS) is 10.8. The van der Waals surface area contributed by atoms with Crippen molar-refractivity contribution >= 4 is 49.4 Å². The third-order valence-corrected chi connectivity index (χ3v) is 4.57. The number of hydrogen-bond donors (Lipinski definition) is 2. The minimum atomic E-state index is 0.774. The van der Waals surface area contributed by atoms with Crippen LogP contribution in [0.15, 0.2) is 46.5 Å². The fourth-order valence-electron chi connectivity index (χ4n) is 1.98. The number of nitrogens with two attached hydrogens (primary N) is 1. The molecule has 0 aliphatic rings. The molecule has 0 bridgehead atoms. The summed E-state index contributed by atoms with van der Waals surface area (Å²) in [4.78, 5) is 5.37. The topological polar surface area (TPSA) is 50.9 Å². The summed E-state index contributed by atoms with van der Waals surface area (Å²) in [5.41, 5.74) is 7.93. The van der Waals surface area contributed by atoms with Crippen LogP contribution < -0.4 is 11.1 Å². The number of nitrogens with one attached hydrogen (secondary N) is 1. The van der Waals surface area contributed by atoms with Gasteiger partial charge in [-0.05, 0) is 40.2 Å². The molecule has 3 aromatic rings. The number of halogens is 1. The molecule has 19 heavy (non-hydrogen) atoms. The van der Waals surface area contributed by atoms with E-state index in [9.17, 15) is 0 Å². The Labute approximate surface area is 123 Å². The average molecular weight is 334 g/mol. The van der Waals surface area contributed by atoms with Crippen molar-refractivity contribution in [2.75, 3.05) is 11.1 Å². The Morgan fingerprint density at radius 3 is 2.89 bits per heavy atom. The van der Waals surface area contributed by atoms with Crippen LogP contribution in [-0.2, 0) is 6.54 Å². The Morgan fingerprint density at radius 2 is 2.11 bits per heavy atom. The van der Waals surface area contributed by atoms with Crippen molar-refractivity contribution in [3.63, 3.8) is 0 Å². The van der Waals surface area contributed by atoms with E-state index in [1.54, 1.807) is 17.5 Å². The van der Waals surface area contributed by atoms with Gasteiger partial charge in [0.1, 0.15) is 0 Å². The molecule has 2 aromatic heterocycles. The van der Waals surface area contributed by atoms with Gasteiger partial charge in [-0.15, -0.1) is 11.3 Å². The first-order valence-electron chi connectivity index (χ1n) is 5.84. The molecular weight excluding hydrogens is 322 g/mol. The summed E-state index contributed by atoms with van der Waals surface area (Å²) in [7, 11) is 0. The van der Waals surface area contributed by atoms with Crippen LogP contribution in [0.2, 0.25) is 0 Å². The smallest absolute Gasteiger partial charge is 0.0702 e. The van der Waals surface area contributed by atoms with Crippen LogP contribution in [0.3, 0.4) is 0 Å². The van der Waals surface area contributed by atoms with Crippen molar-refractivity contribution in [3.8, 4) is 0 Å². The van der Waals surface area contributed by atoms with E-state index in [1.807, 2.05) is 24.4 Å². The number of benzene rings is 1. The van der Waals surface area contributed by atoms with Crippen molar-refractivity contribution < 1.29 is 0 Å². The van der Waals surface area contributed by atoms with Gasteiger partial charge in [0.25, 0.3) is 0 Å². The summed E-state index contributed by atoms with van der Waals surface area (Å²) >= 11 is 5.18. The SMILES string of the molecule is Nc1c(NCc2ccc(Br)s2)ccc2cnccc12. The second-order valence-corrected chi connectivity index (χ2v) is 6.73. The third kappa shape index (κ3) is 2.57. The maximum atomic E-state index is 6.19. The fraction of sp³-hybridized carbons (Fsp3) is 0.0714. The lowest BCUT2D eigenvalue weighted by molar-refractivity contribution is 1.20. The first-order valence-corrected chi connectivity index (χ1v) is 7.45. The Balaban J connectivity index is 1.87. The second kappa shape index (κ2) is 5.19. The van der Waals surface area contributed by atoms with E-state index >= 15 is 0 Å². The highest BCUT2D eigenvalue weighted by molar-refractivity contribution is 9.11. The van der Waals surface area contributed by atoms with Gasteiger partial charge in [-0.25, -0.2) is 0 Å². The minimum Gasteiger partial charge on any atom is -0.397 e. The largest absolute Gasteiger partial charge is 0.397 e. The first kappa shape index (κ1) is 12.4. The highest BCUT2D eigenvalue weighted by atomic mass is 79.9. The molecule has 0 spiro atoms. The molecule has 3 rings (SSSR count). The van der Waals surface area contributed by atoms with E-state index < -0.39 is 0 Å². The van der Waals surface area contributed by atoms with Crippen molar-refractivity contribution in [2.45, 2.75) is 6.54 Å². The van der Waals surface area contributed by atoms with Crippen LogP contribution in [-0.4, -0.2) is 4.98 Å². The number of anilines is 2. The van der Waals surface area contributed by atoms with Crippen molar-refractivity contribution in [1.82, 2.24) is 4.98 Å². The van der Waals surface area contributed by atoms with Gasteiger partial charge < -0.3 is 11.1 Å². The fourth-order valence-corrected chi connectivity index (χ4v) is 3.40. The highest BCUT2D eigenvalue weighted by Gasteiger charge is 2.05. The van der Waals surface area contributed by atoms with E-state index in [2.05, 4.69) is 38.4 Å². The molecule has 0 aliphatic carbocycles. The summed E-state index contributed by atoms with van der Waals surface area (Å²) < 4.78 is 1.14. The zero-order chi connectivity index (χ0) is 13.2. The van der Waals surface area contributed by atoms with Crippen LogP contribution >= 0.6 is 27.3 Å². The van der Waals surface area contributed by atoms with Crippen LogP contribution in [0.4, 0.5) is 11.4 Å². The Morgan fingerprint density at radius 1 is 1.21 bits per heavy atom. The lowest BCUT2D eigenvalue weighted by Gasteiger charge is -2.10. The number of thiophene rings is 1. The molecule has 3 N–H and O–H groups in total. The minimum absolute atomic E-state index is 0.774. The van der Waals surface area contributed by atoms with Gasteiger partial charge in [0.2, 0.25) is 0 Å². The molecule has 0 unspecified atom stereocenters. The molecular formula is C14H12BrN3S. The molecule has 0 aliphatic heterocycles. The van der Waals surface area contributed by atoms with Gasteiger partial charge >= 0.3 is 0 Å². The monoisotopic (exact) mass is 333 g/mol. The zero-order valence-corrected chi connectivity index (χ0v) is 12.5. The molecule has 3 nitrogen and oxygen atoms in total. The van der Waals surface area contributed by atoms with Crippen molar-refractivity contribution in [3.05, 3.63) is 51.4 Å². The second-order valence-electron chi connectivity index (χ2n) is 4.18. The van der Waals surface area contributed by atoms with Crippen LogP contribution in [0.5, 0.6) is 0 Å². The molecule has 0 atom stereocenters. The zero-order valence-electron chi connectivity index (χ0n) is 10.1. The number of aromatic nitrogens is 1. The number of pyridine rings is 1. The summed E-state index contributed by atoms with van der Waals surface area (Å²) in [6.45, 7) is 0.775.